The number of hydrogen-bond acceptors (Lipinski definition) is 6. The van der Waals surface area contributed by atoms with Gasteiger partial charge in [-0.1, -0.05) is 23.2 Å². The Hall–Kier alpha value is -2.70. The number of carboxylic acids is 1. The first kappa shape index (κ1) is 30.3. The number of hydrogen-bond donors (Lipinski definition) is 1. The van der Waals surface area contributed by atoms with Gasteiger partial charge in [-0.15, -0.1) is 0 Å². The summed E-state index contributed by atoms with van der Waals surface area (Å²) in [5.74, 6) is -2.73. The number of aromatic nitrogens is 3. The van der Waals surface area contributed by atoms with Crippen molar-refractivity contribution in [1.29, 1.82) is 0 Å². The predicted molar refractivity (Wildman–Crippen MR) is 139 cm³/mol. The lowest BCUT2D eigenvalue weighted by Gasteiger charge is -2.44. The van der Waals surface area contributed by atoms with Gasteiger partial charge in [0.15, 0.2) is 11.5 Å². The first-order valence-corrected chi connectivity index (χ1v) is 13.5. The molecule has 9 nitrogen and oxygen atoms in total. The number of pyridine rings is 1. The van der Waals surface area contributed by atoms with Crippen LogP contribution in [0.5, 0.6) is 0 Å². The lowest BCUT2D eigenvalue weighted by molar-refractivity contribution is -0.187. The van der Waals surface area contributed by atoms with Gasteiger partial charge in [0.2, 0.25) is 0 Å². The molecular formula is C26H29Cl2F3N4O5. The zero-order chi connectivity index (χ0) is 29.6. The largest absolute Gasteiger partial charge is 0.481 e. The summed E-state index contributed by atoms with van der Waals surface area (Å²) in [6.07, 6.45) is -1.04. The number of aliphatic carboxylic acids is 1. The second kappa shape index (κ2) is 10.9. The number of nitrogens with zero attached hydrogens (tertiary/aromatic N) is 4. The van der Waals surface area contributed by atoms with E-state index < -0.39 is 64.8 Å². The van der Waals surface area contributed by atoms with Crippen LogP contribution >= 0.6 is 23.2 Å². The molecule has 2 aliphatic rings. The van der Waals surface area contributed by atoms with Crippen LogP contribution in [0.15, 0.2) is 18.6 Å². The molecule has 2 aromatic rings. The third kappa shape index (κ3) is 6.13. The predicted octanol–water partition coefficient (Wildman–Crippen LogP) is 5.70. The molecular weight excluding hydrogens is 576 g/mol. The summed E-state index contributed by atoms with van der Waals surface area (Å²) in [5, 5.41) is 13.3. The van der Waals surface area contributed by atoms with Gasteiger partial charge in [-0.2, -0.15) is 18.3 Å². The minimum Gasteiger partial charge on any atom is -0.481 e. The lowest BCUT2D eigenvalue weighted by atomic mass is 9.74. The quantitative estimate of drug-likeness (QED) is 0.384. The number of halogens is 5. The number of amides is 1. The van der Waals surface area contributed by atoms with Crippen LogP contribution in [-0.2, 0) is 15.7 Å². The number of carboxylic acid groups (broad SMARTS) is 1. The van der Waals surface area contributed by atoms with E-state index in [2.05, 4.69) is 10.1 Å². The minimum absolute atomic E-state index is 0.0552. The summed E-state index contributed by atoms with van der Waals surface area (Å²) in [5.41, 5.74) is -3.55. The molecule has 1 saturated heterocycles. The molecule has 0 radical (unpaired) electrons. The Balaban J connectivity index is 1.65. The first-order chi connectivity index (χ1) is 18.5. The summed E-state index contributed by atoms with van der Waals surface area (Å²) >= 11 is 12.2. The molecule has 1 aliphatic heterocycles. The molecule has 3 heterocycles. The van der Waals surface area contributed by atoms with E-state index in [0.717, 1.165) is 15.8 Å². The lowest BCUT2D eigenvalue weighted by Crippen LogP contribution is -2.53. The molecule has 2 aromatic heterocycles. The zero-order valence-corrected chi connectivity index (χ0v) is 23.6. The molecule has 0 spiro atoms. The maximum atomic E-state index is 14.4. The number of rotatable bonds is 8. The maximum absolute atomic E-state index is 14.4. The van der Waals surface area contributed by atoms with Gasteiger partial charge in [-0.25, -0.2) is 0 Å². The van der Waals surface area contributed by atoms with E-state index >= 15 is 0 Å². The standard InChI is InChI=1S/C26H29Cl2F3N4O5/c1-24(2)8-15(40-24)12-34(13-19(36)20-17(27)10-32-11-18(20)28)22(37)16-9-33-35(21(16)26(29,30)31)14-4-6-25(3,7-5-14)23(38)39/h9-11,14-15H,4-8,12-13H2,1-3H3,(H,38,39). The Morgan fingerprint density at radius 1 is 1.12 bits per heavy atom. The third-order valence-electron chi connectivity index (χ3n) is 7.60. The molecule has 4 rings (SSSR count). The maximum Gasteiger partial charge on any atom is 0.433 e. The van der Waals surface area contributed by atoms with Crippen LogP contribution in [0.3, 0.4) is 0 Å². The van der Waals surface area contributed by atoms with E-state index in [0.29, 0.717) is 6.42 Å². The monoisotopic (exact) mass is 604 g/mol. The number of carbonyl (C=O) groups is 3. The smallest absolute Gasteiger partial charge is 0.433 e. The normalized spacial score (nSPS) is 24.3. The molecule has 218 valence electrons. The van der Waals surface area contributed by atoms with Crippen molar-refractivity contribution in [3.63, 3.8) is 0 Å². The Bertz CT molecular complexity index is 1290. The number of ether oxygens (including phenoxy) is 1. The van der Waals surface area contributed by atoms with E-state index in [1.54, 1.807) is 6.92 Å². The van der Waals surface area contributed by atoms with Crippen molar-refractivity contribution >= 4 is 40.9 Å². The highest BCUT2D eigenvalue weighted by Gasteiger charge is 2.46. The second-order valence-corrected chi connectivity index (χ2v) is 12.1. The molecule has 0 aromatic carbocycles. The Morgan fingerprint density at radius 3 is 2.20 bits per heavy atom. The van der Waals surface area contributed by atoms with Crippen molar-refractivity contribution in [2.24, 2.45) is 5.41 Å². The van der Waals surface area contributed by atoms with Gasteiger partial charge in [-0.05, 0) is 46.5 Å². The van der Waals surface area contributed by atoms with Crippen molar-refractivity contribution < 1.29 is 37.4 Å². The summed E-state index contributed by atoms with van der Waals surface area (Å²) in [7, 11) is 0. The Kier molecular flexibility index (Phi) is 8.28. The molecule has 2 fully saturated rings. The Labute approximate surface area is 238 Å². The average Bonchev–Trinajstić information content (AvgIpc) is 3.28. The van der Waals surface area contributed by atoms with E-state index in [9.17, 15) is 32.7 Å². The first-order valence-electron chi connectivity index (χ1n) is 12.7. The number of carbonyl (C=O) groups excluding carboxylic acids is 2. The topological polar surface area (TPSA) is 115 Å². The van der Waals surface area contributed by atoms with Crippen LogP contribution in [0.2, 0.25) is 10.0 Å². The van der Waals surface area contributed by atoms with Crippen molar-refractivity contribution in [3.8, 4) is 0 Å². The minimum atomic E-state index is -4.95. The van der Waals surface area contributed by atoms with Crippen LogP contribution in [0, 0.1) is 5.41 Å². The SMILES string of the molecule is CC1(C)CC(CN(CC(=O)c2c(Cl)cncc2Cl)C(=O)c2cnn(C3CCC(C)(C(=O)O)CC3)c2C(F)(F)F)O1. The third-order valence-corrected chi connectivity index (χ3v) is 8.17. The number of Topliss-reactive ketones (excluding diaryl/α,β-unsaturated/α-hetero) is 1. The second-order valence-electron chi connectivity index (χ2n) is 11.2. The summed E-state index contributed by atoms with van der Waals surface area (Å²) < 4.78 is 49.8. The van der Waals surface area contributed by atoms with Crippen molar-refractivity contribution in [3.05, 3.63) is 45.5 Å². The van der Waals surface area contributed by atoms with Gasteiger partial charge in [0, 0.05) is 25.4 Å². The molecule has 14 heteroatoms. The molecule has 1 aliphatic carbocycles. The molecule has 40 heavy (non-hydrogen) atoms. The highest BCUT2D eigenvalue weighted by atomic mass is 35.5. The number of ketones is 1. The summed E-state index contributed by atoms with van der Waals surface area (Å²) in [6.45, 7) is 4.49. The van der Waals surface area contributed by atoms with Gasteiger partial charge in [0.05, 0.1) is 57.1 Å². The molecule has 1 N–H and O–H groups in total. The van der Waals surface area contributed by atoms with Crippen LogP contribution in [0.25, 0.3) is 0 Å². The van der Waals surface area contributed by atoms with Crippen LogP contribution < -0.4 is 0 Å². The van der Waals surface area contributed by atoms with Gasteiger partial charge in [-0.3, -0.25) is 24.0 Å². The van der Waals surface area contributed by atoms with Crippen LogP contribution in [-0.4, -0.2) is 67.2 Å². The average molecular weight is 605 g/mol. The van der Waals surface area contributed by atoms with Crippen LogP contribution in [0.4, 0.5) is 13.2 Å². The van der Waals surface area contributed by atoms with Crippen LogP contribution in [0.1, 0.15) is 85.3 Å². The molecule has 1 saturated carbocycles. The summed E-state index contributed by atoms with van der Waals surface area (Å²) in [4.78, 5) is 43.2. The van der Waals surface area contributed by atoms with Crippen molar-refractivity contribution in [2.45, 2.75) is 76.8 Å². The highest BCUT2D eigenvalue weighted by Crippen LogP contribution is 2.43. The van der Waals surface area contributed by atoms with E-state index in [-0.39, 0.29) is 47.8 Å². The van der Waals surface area contributed by atoms with E-state index in [1.165, 1.54) is 12.4 Å². The van der Waals surface area contributed by atoms with Gasteiger partial charge in [0.25, 0.3) is 5.91 Å². The van der Waals surface area contributed by atoms with Crippen molar-refractivity contribution in [1.82, 2.24) is 19.7 Å². The van der Waals surface area contributed by atoms with E-state index in [4.69, 9.17) is 27.9 Å². The summed E-state index contributed by atoms with van der Waals surface area (Å²) in [6, 6.07) is -0.745. The fourth-order valence-corrected chi connectivity index (χ4v) is 6.01. The zero-order valence-electron chi connectivity index (χ0n) is 22.1. The van der Waals surface area contributed by atoms with Gasteiger partial charge < -0.3 is 14.7 Å². The molecule has 1 amide bonds. The molecule has 1 unspecified atom stereocenters. The van der Waals surface area contributed by atoms with Gasteiger partial charge >= 0.3 is 12.1 Å². The van der Waals surface area contributed by atoms with Gasteiger partial charge in [0.1, 0.15) is 0 Å². The highest BCUT2D eigenvalue weighted by molar-refractivity contribution is 6.39. The molecule has 0 bridgehead atoms. The van der Waals surface area contributed by atoms with E-state index in [1.807, 2.05) is 13.8 Å². The molecule has 1 atom stereocenters. The van der Waals surface area contributed by atoms with Crippen molar-refractivity contribution in [2.75, 3.05) is 13.1 Å². The fourth-order valence-electron chi connectivity index (χ4n) is 5.43. The Morgan fingerprint density at radius 2 is 1.70 bits per heavy atom. The fraction of sp³-hybridized carbons (Fsp3) is 0.577. The number of alkyl halides is 3.